The Hall–Kier alpha value is -2.03. The third kappa shape index (κ3) is 1.27. The van der Waals surface area contributed by atoms with Gasteiger partial charge in [0, 0.05) is 30.2 Å². The number of allylic oxidation sites excluding steroid dienone is 1. The Morgan fingerprint density at radius 2 is 2.11 bits per heavy atom. The van der Waals surface area contributed by atoms with Crippen molar-refractivity contribution in [3.05, 3.63) is 35.4 Å². The molecule has 1 saturated carbocycles. The van der Waals surface area contributed by atoms with E-state index in [-0.39, 0.29) is 6.04 Å². The summed E-state index contributed by atoms with van der Waals surface area (Å²) in [5, 5.41) is 0. The predicted octanol–water partition coefficient (Wildman–Crippen LogP) is 2.73. The minimum Gasteiger partial charge on any atom is -0.299 e. The second-order valence-corrected chi connectivity index (χ2v) is 4.96. The minimum atomic E-state index is 0.197. The molecule has 0 bridgehead atoms. The zero-order chi connectivity index (χ0) is 12.1. The number of aliphatic imine (C=N–C) groups is 2. The molecule has 2 heterocycles. The molecule has 88 valence electrons. The van der Waals surface area contributed by atoms with Gasteiger partial charge >= 0.3 is 0 Å². The van der Waals surface area contributed by atoms with E-state index in [1.165, 1.54) is 11.1 Å². The van der Waals surface area contributed by atoms with Gasteiger partial charge in [0.25, 0.3) is 0 Å². The number of benzene rings is 1. The topological polar surface area (TPSA) is 41.8 Å². The monoisotopic (exact) mass is 236 g/mol. The third-order valence-electron chi connectivity index (χ3n) is 3.85. The molecule has 0 N–H and O–H groups in total. The molecule has 1 atom stereocenters. The summed E-state index contributed by atoms with van der Waals surface area (Å²) in [6.45, 7) is 0. The van der Waals surface area contributed by atoms with Crippen LogP contribution in [0.15, 0.2) is 39.8 Å². The molecular weight excluding hydrogens is 224 g/mol. The SMILES string of the molecule is O=C1CCC2N=CC3=Nc4ccccc4C3=C2C1. The number of nitrogens with zero attached hydrogens (tertiary/aromatic N) is 2. The van der Waals surface area contributed by atoms with E-state index in [9.17, 15) is 4.79 Å². The maximum atomic E-state index is 11.7. The summed E-state index contributed by atoms with van der Waals surface area (Å²) in [6.07, 6.45) is 3.93. The fourth-order valence-corrected chi connectivity index (χ4v) is 3.01. The number of hydrogen-bond donors (Lipinski definition) is 0. The van der Waals surface area contributed by atoms with E-state index in [2.05, 4.69) is 16.1 Å². The number of hydrogen-bond acceptors (Lipinski definition) is 3. The quantitative estimate of drug-likeness (QED) is 0.682. The first-order valence-corrected chi connectivity index (χ1v) is 6.29. The molecule has 0 spiro atoms. The lowest BCUT2D eigenvalue weighted by Gasteiger charge is -2.26. The van der Waals surface area contributed by atoms with E-state index in [1.54, 1.807) is 0 Å². The fourth-order valence-electron chi connectivity index (χ4n) is 3.01. The summed E-state index contributed by atoms with van der Waals surface area (Å²) in [7, 11) is 0. The molecule has 1 aromatic rings. The molecule has 18 heavy (non-hydrogen) atoms. The number of rotatable bonds is 0. The largest absolute Gasteiger partial charge is 0.299 e. The van der Waals surface area contributed by atoms with Crippen molar-refractivity contribution >= 4 is 29.0 Å². The highest BCUT2D eigenvalue weighted by Gasteiger charge is 2.33. The van der Waals surface area contributed by atoms with Crippen molar-refractivity contribution in [2.45, 2.75) is 25.3 Å². The molecule has 2 aliphatic heterocycles. The zero-order valence-electron chi connectivity index (χ0n) is 9.89. The Bertz CT molecular complexity index is 652. The number of fused-ring (bicyclic) bond motifs is 4. The Morgan fingerprint density at radius 1 is 1.22 bits per heavy atom. The van der Waals surface area contributed by atoms with Crippen LogP contribution in [0, 0.1) is 0 Å². The van der Waals surface area contributed by atoms with Gasteiger partial charge in [0.15, 0.2) is 0 Å². The van der Waals surface area contributed by atoms with Crippen LogP contribution in [-0.4, -0.2) is 23.8 Å². The molecule has 3 nitrogen and oxygen atoms in total. The zero-order valence-corrected chi connectivity index (χ0v) is 9.89. The van der Waals surface area contributed by atoms with Gasteiger partial charge in [-0.15, -0.1) is 0 Å². The van der Waals surface area contributed by atoms with Crippen molar-refractivity contribution in [3.63, 3.8) is 0 Å². The molecule has 4 rings (SSSR count). The lowest BCUT2D eigenvalue weighted by molar-refractivity contribution is -0.119. The maximum Gasteiger partial charge on any atom is 0.137 e. The van der Waals surface area contributed by atoms with Gasteiger partial charge in [-0.2, -0.15) is 0 Å². The summed E-state index contributed by atoms with van der Waals surface area (Å²) in [4.78, 5) is 20.8. The number of carbonyl (C=O) groups is 1. The molecule has 1 aromatic carbocycles. The highest BCUT2D eigenvalue weighted by Crippen LogP contribution is 2.41. The molecule has 1 fully saturated rings. The minimum absolute atomic E-state index is 0.197. The van der Waals surface area contributed by atoms with Gasteiger partial charge < -0.3 is 0 Å². The van der Waals surface area contributed by atoms with Crippen LogP contribution in [0.4, 0.5) is 5.69 Å². The molecule has 1 unspecified atom stereocenters. The number of dihydropyridines is 1. The highest BCUT2D eigenvalue weighted by molar-refractivity contribution is 6.54. The van der Waals surface area contributed by atoms with Gasteiger partial charge in [-0.3, -0.25) is 9.79 Å². The first-order valence-electron chi connectivity index (χ1n) is 6.29. The molecule has 0 saturated heterocycles. The van der Waals surface area contributed by atoms with Crippen molar-refractivity contribution in [3.8, 4) is 0 Å². The van der Waals surface area contributed by atoms with Gasteiger partial charge in [-0.25, -0.2) is 4.99 Å². The number of para-hydroxylation sites is 1. The van der Waals surface area contributed by atoms with Crippen LogP contribution in [0.2, 0.25) is 0 Å². The average Bonchev–Trinajstić information content (AvgIpc) is 2.77. The lowest BCUT2D eigenvalue weighted by atomic mass is 9.81. The summed E-state index contributed by atoms with van der Waals surface area (Å²) in [5.41, 5.74) is 5.43. The fraction of sp³-hybridized carbons (Fsp3) is 0.267. The first-order chi connectivity index (χ1) is 8.83. The summed E-state index contributed by atoms with van der Waals surface area (Å²) in [6, 6.07) is 8.32. The smallest absolute Gasteiger partial charge is 0.137 e. The van der Waals surface area contributed by atoms with Crippen molar-refractivity contribution in [2.24, 2.45) is 9.98 Å². The first kappa shape index (κ1) is 9.95. The molecule has 1 aliphatic carbocycles. The van der Waals surface area contributed by atoms with E-state index in [4.69, 9.17) is 0 Å². The average molecular weight is 236 g/mol. The van der Waals surface area contributed by atoms with E-state index >= 15 is 0 Å². The van der Waals surface area contributed by atoms with Gasteiger partial charge in [0.05, 0.1) is 17.4 Å². The molecule has 3 aliphatic rings. The summed E-state index contributed by atoms with van der Waals surface area (Å²) in [5.74, 6) is 0.328. The van der Waals surface area contributed by atoms with E-state index in [1.807, 2.05) is 24.4 Å². The van der Waals surface area contributed by atoms with Crippen molar-refractivity contribution in [1.29, 1.82) is 0 Å². The van der Waals surface area contributed by atoms with Crippen LogP contribution >= 0.6 is 0 Å². The van der Waals surface area contributed by atoms with Gasteiger partial charge in [0.2, 0.25) is 0 Å². The van der Waals surface area contributed by atoms with Gasteiger partial charge in [-0.1, -0.05) is 18.2 Å². The Morgan fingerprint density at radius 3 is 3.06 bits per heavy atom. The highest BCUT2D eigenvalue weighted by atomic mass is 16.1. The second kappa shape index (κ2) is 3.48. The molecular formula is C15H12N2O. The van der Waals surface area contributed by atoms with Crippen molar-refractivity contribution < 1.29 is 4.79 Å². The number of ketones is 1. The third-order valence-corrected chi connectivity index (χ3v) is 3.85. The summed E-state index contributed by atoms with van der Waals surface area (Å²) < 4.78 is 0. The second-order valence-electron chi connectivity index (χ2n) is 4.96. The van der Waals surface area contributed by atoms with E-state index < -0.39 is 0 Å². The van der Waals surface area contributed by atoms with Crippen LogP contribution < -0.4 is 0 Å². The lowest BCUT2D eigenvalue weighted by Crippen LogP contribution is -2.26. The van der Waals surface area contributed by atoms with Crippen LogP contribution in [-0.2, 0) is 4.79 Å². The molecule has 0 aromatic heterocycles. The summed E-state index contributed by atoms with van der Waals surface area (Å²) >= 11 is 0. The molecule has 0 radical (unpaired) electrons. The Labute approximate surface area is 105 Å². The number of carbonyl (C=O) groups excluding carboxylic acids is 1. The van der Waals surface area contributed by atoms with Crippen LogP contribution in [0.5, 0.6) is 0 Å². The van der Waals surface area contributed by atoms with Crippen LogP contribution in [0.1, 0.15) is 24.8 Å². The predicted molar refractivity (Wildman–Crippen MR) is 71.6 cm³/mol. The Balaban J connectivity index is 1.95. The van der Waals surface area contributed by atoms with E-state index in [0.717, 1.165) is 23.4 Å². The molecule has 0 amide bonds. The maximum absolute atomic E-state index is 11.7. The standard InChI is InChI=1S/C15H12N2O/c18-9-5-6-12-11(7-9)15-10-3-1-2-4-13(10)17-14(15)8-16-12/h1-4,8,12H,5-7H2. The van der Waals surface area contributed by atoms with Crippen LogP contribution in [0.25, 0.3) is 5.57 Å². The molecule has 3 heteroatoms. The van der Waals surface area contributed by atoms with E-state index in [0.29, 0.717) is 18.6 Å². The van der Waals surface area contributed by atoms with Gasteiger partial charge in [0.1, 0.15) is 5.78 Å². The Kier molecular flexibility index (Phi) is 1.92. The number of Topliss-reactive ketones (excluding diaryl/α,β-unsaturated/α-hetero) is 1. The van der Waals surface area contributed by atoms with Crippen molar-refractivity contribution in [2.75, 3.05) is 0 Å². The van der Waals surface area contributed by atoms with Crippen LogP contribution in [0.3, 0.4) is 0 Å². The normalized spacial score (nSPS) is 24.6. The van der Waals surface area contributed by atoms with Crippen molar-refractivity contribution in [1.82, 2.24) is 0 Å². The van der Waals surface area contributed by atoms with Gasteiger partial charge in [-0.05, 0) is 18.1 Å².